The third kappa shape index (κ3) is 2.49. The first-order valence-corrected chi connectivity index (χ1v) is 7.04. The molecule has 1 heterocycles. The first kappa shape index (κ1) is 13.0. The average molecular weight is 269 g/mol. The molecule has 0 fully saturated rings. The van der Waals surface area contributed by atoms with Gasteiger partial charge in [0.25, 0.3) is 0 Å². The van der Waals surface area contributed by atoms with E-state index in [0.29, 0.717) is 13.0 Å². The van der Waals surface area contributed by atoms with Crippen LogP contribution in [0.1, 0.15) is 36.6 Å². The third-order valence-electron chi connectivity index (χ3n) is 3.68. The first-order valence-electron chi connectivity index (χ1n) is 7.04. The second-order valence-electron chi connectivity index (χ2n) is 5.04. The predicted octanol–water partition coefficient (Wildman–Crippen LogP) is 3.68. The zero-order valence-corrected chi connectivity index (χ0v) is 11.5. The highest BCUT2D eigenvalue weighted by Gasteiger charge is 2.25. The smallest absolute Gasteiger partial charge is 0.119 e. The summed E-state index contributed by atoms with van der Waals surface area (Å²) in [5, 5.41) is 13.8. The van der Waals surface area contributed by atoms with E-state index in [1.165, 1.54) is 0 Å². The van der Waals surface area contributed by atoms with Gasteiger partial charge in [-0.25, -0.2) is 0 Å². The van der Waals surface area contributed by atoms with Crippen LogP contribution in [0, 0.1) is 0 Å². The van der Waals surface area contributed by atoms with E-state index in [9.17, 15) is 5.11 Å². The largest absolute Gasteiger partial charge is 0.494 e. The molecule has 1 aliphatic heterocycles. The number of fused-ring (bicyclic) bond motifs is 1. The van der Waals surface area contributed by atoms with Crippen LogP contribution in [-0.2, 0) is 0 Å². The van der Waals surface area contributed by atoms with Crippen LogP contribution in [0.5, 0.6) is 5.75 Å². The molecule has 0 amide bonds. The predicted molar refractivity (Wildman–Crippen MR) is 80.0 cm³/mol. The lowest BCUT2D eigenvalue weighted by atomic mass is 9.91. The van der Waals surface area contributed by atoms with E-state index in [0.717, 1.165) is 22.6 Å². The quantitative estimate of drug-likeness (QED) is 0.893. The minimum atomic E-state index is -0.423. The standard InChI is InChI=1S/C17H19NO2/c1-2-20-13-7-5-6-12(10-13)16-11-17(19)14-8-3-4-9-15(14)18-16/h3-10,16-19H,2,11H2,1H3/t16-,17-/m1/s1. The molecule has 0 bridgehead atoms. The number of benzene rings is 2. The molecule has 0 aromatic heterocycles. The topological polar surface area (TPSA) is 41.5 Å². The lowest BCUT2D eigenvalue weighted by Crippen LogP contribution is -2.21. The number of para-hydroxylation sites is 1. The Morgan fingerprint density at radius 3 is 2.90 bits per heavy atom. The summed E-state index contributed by atoms with van der Waals surface area (Å²) in [6.07, 6.45) is 0.250. The molecule has 3 rings (SSSR count). The molecule has 0 saturated heterocycles. The lowest BCUT2D eigenvalue weighted by molar-refractivity contribution is 0.156. The van der Waals surface area contributed by atoms with E-state index in [4.69, 9.17) is 4.74 Å². The van der Waals surface area contributed by atoms with E-state index in [-0.39, 0.29) is 6.04 Å². The van der Waals surface area contributed by atoms with E-state index in [1.54, 1.807) is 0 Å². The monoisotopic (exact) mass is 269 g/mol. The number of hydrogen-bond donors (Lipinski definition) is 2. The van der Waals surface area contributed by atoms with E-state index in [2.05, 4.69) is 11.4 Å². The van der Waals surface area contributed by atoms with E-state index < -0.39 is 6.10 Å². The van der Waals surface area contributed by atoms with Crippen molar-refractivity contribution < 1.29 is 9.84 Å². The van der Waals surface area contributed by atoms with Gasteiger partial charge in [0.2, 0.25) is 0 Å². The SMILES string of the molecule is CCOc1cccc([C@H]2C[C@@H](O)c3ccccc3N2)c1. The Hall–Kier alpha value is -2.00. The van der Waals surface area contributed by atoms with Crippen molar-refractivity contribution in [1.82, 2.24) is 0 Å². The summed E-state index contributed by atoms with van der Waals surface area (Å²) in [5.41, 5.74) is 3.13. The van der Waals surface area contributed by atoms with Gasteiger partial charge in [0, 0.05) is 17.7 Å². The maximum atomic E-state index is 10.3. The van der Waals surface area contributed by atoms with Crippen molar-refractivity contribution >= 4 is 5.69 Å². The number of ether oxygens (including phenoxy) is 1. The average Bonchev–Trinajstić information content (AvgIpc) is 2.48. The van der Waals surface area contributed by atoms with Crippen molar-refractivity contribution in [2.45, 2.75) is 25.5 Å². The normalized spacial score (nSPS) is 20.9. The molecular formula is C17H19NO2. The molecule has 2 aromatic carbocycles. The fourth-order valence-electron chi connectivity index (χ4n) is 2.72. The van der Waals surface area contributed by atoms with Gasteiger partial charge in [-0.1, -0.05) is 30.3 Å². The lowest BCUT2D eigenvalue weighted by Gasteiger charge is -2.31. The summed E-state index contributed by atoms with van der Waals surface area (Å²) < 4.78 is 5.54. The van der Waals surface area contributed by atoms with Gasteiger partial charge in [-0.2, -0.15) is 0 Å². The maximum Gasteiger partial charge on any atom is 0.119 e. The number of aliphatic hydroxyl groups excluding tert-OH is 1. The van der Waals surface area contributed by atoms with Crippen LogP contribution in [0.25, 0.3) is 0 Å². The van der Waals surface area contributed by atoms with E-state index >= 15 is 0 Å². The molecule has 3 nitrogen and oxygen atoms in total. The van der Waals surface area contributed by atoms with Crippen LogP contribution in [0.4, 0.5) is 5.69 Å². The Balaban J connectivity index is 1.87. The van der Waals surface area contributed by atoms with Crippen LogP contribution in [0.15, 0.2) is 48.5 Å². The molecule has 2 atom stereocenters. The first-order chi connectivity index (χ1) is 9.78. The van der Waals surface area contributed by atoms with Gasteiger partial charge in [-0.05, 0) is 30.7 Å². The molecule has 2 N–H and O–H groups in total. The van der Waals surface area contributed by atoms with Crippen molar-refractivity contribution in [2.24, 2.45) is 0 Å². The summed E-state index contributed by atoms with van der Waals surface area (Å²) in [7, 11) is 0. The minimum Gasteiger partial charge on any atom is -0.494 e. The van der Waals surface area contributed by atoms with Crippen LogP contribution in [0.3, 0.4) is 0 Å². The molecule has 0 radical (unpaired) electrons. The van der Waals surface area contributed by atoms with Crippen LogP contribution < -0.4 is 10.1 Å². The molecule has 20 heavy (non-hydrogen) atoms. The molecule has 0 saturated carbocycles. The van der Waals surface area contributed by atoms with Crippen molar-refractivity contribution in [3.05, 3.63) is 59.7 Å². The molecule has 0 aliphatic carbocycles. The molecule has 1 aliphatic rings. The second kappa shape index (κ2) is 5.55. The number of hydrogen-bond acceptors (Lipinski definition) is 3. The Morgan fingerprint density at radius 1 is 1.20 bits per heavy atom. The Labute approximate surface area is 119 Å². The van der Waals surface area contributed by atoms with E-state index in [1.807, 2.05) is 49.4 Å². The third-order valence-corrected chi connectivity index (χ3v) is 3.68. The summed E-state index contributed by atoms with van der Waals surface area (Å²) in [6.45, 7) is 2.64. The fraction of sp³-hybridized carbons (Fsp3) is 0.294. The molecular weight excluding hydrogens is 250 g/mol. The van der Waals surface area contributed by atoms with Gasteiger partial charge in [-0.15, -0.1) is 0 Å². The van der Waals surface area contributed by atoms with Crippen molar-refractivity contribution in [2.75, 3.05) is 11.9 Å². The zero-order chi connectivity index (χ0) is 13.9. The van der Waals surface area contributed by atoms with Crippen LogP contribution >= 0.6 is 0 Å². The molecule has 0 unspecified atom stereocenters. The summed E-state index contributed by atoms with van der Waals surface area (Å²) in [5.74, 6) is 0.875. The second-order valence-corrected chi connectivity index (χ2v) is 5.04. The van der Waals surface area contributed by atoms with Crippen molar-refractivity contribution in [3.63, 3.8) is 0 Å². The van der Waals surface area contributed by atoms with Gasteiger partial charge in [-0.3, -0.25) is 0 Å². The highest BCUT2D eigenvalue weighted by molar-refractivity contribution is 5.56. The number of anilines is 1. The van der Waals surface area contributed by atoms with Gasteiger partial charge in [0.1, 0.15) is 5.75 Å². The van der Waals surface area contributed by atoms with Gasteiger partial charge in [0.15, 0.2) is 0 Å². The molecule has 2 aromatic rings. The van der Waals surface area contributed by atoms with Crippen LogP contribution in [-0.4, -0.2) is 11.7 Å². The summed E-state index contributed by atoms with van der Waals surface area (Å²) in [6, 6.07) is 16.1. The van der Waals surface area contributed by atoms with Crippen molar-refractivity contribution in [1.29, 1.82) is 0 Å². The Bertz CT molecular complexity index is 597. The number of aliphatic hydroxyl groups is 1. The molecule has 0 spiro atoms. The summed E-state index contributed by atoms with van der Waals surface area (Å²) >= 11 is 0. The molecule has 3 heteroatoms. The number of nitrogens with one attached hydrogen (secondary N) is 1. The number of rotatable bonds is 3. The van der Waals surface area contributed by atoms with Crippen LogP contribution in [0.2, 0.25) is 0 Å². The summed E-state index contributed by atoms with van der Waals surface area (Å²) in [4.78, 5) is 0. The Morgan fingerprint density at radius 2 is 2.05 bits per heavy atom. The highest BCUT2D eigenvalue weighted by Crippen LogP contribution is 2.39. The van der Waals surface area contributed by atoms with Crippen molar-refractivity contribution in [3.8, 4) is 5.75 Å². The Kier molecular flexibility index (Phi) is 3.61. The van der Waals surface area contributed by atoms with Gasteiger partial charge >= 0.3 is 0 Å². The zero-order valence-electron chi connectivity index (χ0n) is 11.5. The fourth-order valence-corrected chi connectivity index (χ4v) is 2.72. The maximum absolute atomic E-state index is 10.3. The van der Waals surface area contributed by atoms with Gasteiger partial charge in [0.05, 0.1) is 18.8 Å². The molecule has 104 valence electrons. The minimum absolute atomic E-state index is 0.111. The highest BCUT2D eigenvalue weighted by atomic mass is 16.5. The van der Waals surface area contributed by atoms with Gasteiger partial charge < -0.3 is 15.2 Å².